The molecule has 4 aromatic rings. The lowest BCUT2D eigenvalue weighted by Crippen LogP contribution is -2.37. The summed E-state index contributed by atoms with van der Waals surface area (Å²) in [6, 6.07) is 10.9. The Morgan fingerprint density at radius 3 is 2.82 bits per heavy atom. The van der Waals surface area contributed by atoms with Gasteiger partial charge in [-0.1, -0.05) is 12.1 Å². The van der Waals surface area contributed by atoms with E-state index in [9.17, 15) is 14.4 Å². The Morgan fingerprint density at radius 2 is 2.00 bits per heavy atom. The minimum absolute atomic E-state index is 0.0740. The van der Waals surface area contributed by atoms with Crippen molar-refractivity contribution in [2.45, 2.75) is 25.7 Å². The van der Waals surface area contributed by atoms with Crippen molar-refractivity contribution in [3.63, 3.8) is 0 Å². The fourth-order valence-corrected chi connectivity index (χ4v) is 5.32. The van der Waals surface area contributed by atoms with E-state index >= 15 is 0 Å². The second-order valence-electron chi connectivity index (χ2n) is 7.85. The lowest BCUT2D eigenvalue weighted by Gasteiger charge is -2.27. The lowest BCUT2D eigenvalue weighted by atomic mass is 10.1. The van der Waals surface area contributed by atoms with E-state index in [0.29, 0.717) is 30.9 Å². The highest BCUT2D eigenvalue weighted by Crippen LogP contribution is 2.25. The van der Waals surface area contributed by atoms with Crippen molar-refractivity contribution in [2.24, 2.45) is 0 Å². The summed E-state index contributed by atoms with van der Waals surface area (Å²) in [6.07, 6.45) is 2.89. The molecule has 0 unspecified atom stereocenters. The van der Waals surface area contributed by atoms with Crippen LogP contribution < -0.4 is 15.5 Å². The molecule has 1 aliphatic rings. The summed E-state index contributed by atoms with van der Waals surface area (Å²) >= 11 is 3.07. The number of benzene rings is 1. The summed E-state index contributed by atoms with van der Waals surface area (Å²) in [5, 5.41) is 13.8. The highest BCUT2D eigenvalue weighted by molar-refractivity contribution is 7.15. The molecule has 174 valence electrons. The number of aromatic nitrogens is 3. The molecule has 9 nitrogen and oxygen atoms in total. The Hall–Kier alpha value is -3.57. The van der Waals surface area contributed by atoms with Gasteiger partial charge in [0.15, 0.2) is 5.82 Å². The summed E-state index contributed by atoms with van der Waals surface area (Å²) in [5.74, 6) is -0.716. The molecule has 0 saturated carbocycles. The summed E-state index contributed by atoms with van der Waals surface area (Å²) < 4.78 is 1.78. The molecule has 11 heteroatoms. The van der Waals surface area contributed by atoms with Crippen molar-refractivity contribution in [3.05, 3.63) is 52.9 Å². The minimum Gasteiger partial charge on any atom is -0.347 e. The summed E-state index contributed by atoms with van der Waals surface area (Å²) in [5.41, 5.74) is 2.10. The Bertz CT molecular complexity index is 1340. The van der Waals surface area contributed by atoms with E-state index in [2.05, 4.69) is 20.7 Å². The van der Waals surface area contributed by atoms with Crippen molar-refractivity contribution >= 4 is 56.7 Å². The van der Waals surface area contributed by atoms with Crippen LogP contribution in [0.5, 0.6) is 0 Å². The number of hydrogen-bond donors (Lipinski definition) is 2. The molecule has 1 saturated heterocycles. The maximum Gasteiger partial charge on any atom is 0.313 e. The van der Waals surface area contributed by atoms with Gasteiger partial charge in [0.1, 0.15) is 0 Å². The first-order valence-electron chi connectivity index (χ1n) is 10.9. The number of amides is 3. The van der Waals surface area contributed by atoms with Crippen LogP contribution in [0.25, 0.3) is 15.7 Å². The van der Waals surface area contributed by atoms with Gasteiger partial charge in [-0.2, -0.15) is 4.98 Å². The molecule has 0 atom stereocenters. The Labute approximate surface area is 203 Å². The first kappa shape index (κ1) is 22.2. The smallest absolute Gasteiger partial charge is 0.313 e. The number of rotatable bonds is 6. The highest BCUT2D eigenvalue weighted by Gasteiger charge is 2.20. The number of carbonyl (C=O) groups is 3. The monoisotopic (exact) mass is 494 g/mol. The Morgan fingerprint density at radius 1 is 1.09 bits per heavy atom. The van der Waals surface area contributed by atoms with Gasteiger partial charge in [-0.3, -0.25) is 14.4 Å². The SMILES string of the molecule is O=C(NCCc1csc2nc(-c3cccs3)nn12)C(=O)Nc1cccc(N2CCCCC2=O)c1. The topological polar surface area (TPSA) is 109 Å². The third kappa shape index (κ3) is 4.70. The van der Waals surface area contributed by atoms with E-state index in [1.807, 2.05) is 29.0 Å². The van der Waals surface area contributed by atoms with Crippen LogP contribution >= 0.6 is 22.7 Å². The molecular formula is C23H22N6O3S2. The highest BCUT2D eigenvalue weighted by atomic mass is 32.1. The third-order valence-electron chi connectivity index (χ3n) is 5.50. The maximum absolute atomic E-state index is 12.4. The number of thiophene rings is 1. The molecule has 5 rings (SSSR count). The fraction of sp³-hybridized carbons (Fsp3) is 0.261. The zero-order valence-electron chi connectivity index (χ0n) is 18.2. The molecule has 3 aromatic heterocycles. The zero-order chi connectivity index (χ0) is 23.5. The molecule has 4 heterocycles. The van der Waals surface area contributed by atoms with Gasteiger partial charge in [0, 0.05) is 42.7 Å². The average molecular weight is 495 g/mol. The van der Waals surface area contributed by atoms with Crippen LogP contribution in [0.3, 0.4) is 0 Å². The minimum atomic E-state index is -0.752. The fourth-order valence-electron chi connectivity index (χ4n) is 3.81. The van der Waals surface area contributed by atoms with Crippen molar-refractivity contribution in [3.8, 4) is 10.7 Å². The normalized spacial score (nSPS) is 13.9. The van der Waals surface area contributed by atoms with E-state index in [1.54, 1.807) is 39.0 Å². The number of thiazole rings is 1. The molecule has 1 fully saturated rings. The predicted octanol–water partition coefficient (Wildman–Crippen LogP) is 3.33. The molecule has 1 aliphatic heterocycles. The van der Waals surface area contributed by atoms with E-state index in [-0.39, 0.29) is 12.5 Å². The van der Waals surface area contributed by atoms with Gasteiger partial charge in [-0.05, 0) is 42.5 Å². The standard InChI is InChI=1S/C23H22N6O3S2/c30-19-8-1-2-11-28(19)16-6-3-5-15(13-16)25-22(32)21(31)24-10-9-17-14-34-23-26-20(27-29(17)23)18-7-4-12-33-18/h3-7,12-14H,1-2,8-11H2,(H,24,31)(H,25,32). The molecule has 3 amide bonds. The van der Waals surface area contributed by atoms with Crippen molar-refractivity contribution in [1.82, 2.24) is 19.9 Å². The molecule has 34 heavy (non-hydrogen) atoms. The second kappa shape index (κ2) is 9.74. The first-order valence-corrected chi connectivity index (χ1v) is 12.7. The summed E-state index contributed by atoms with van der Waals surface area (Å²) in [4.78, 5) is 44.9. The number of fused-ring (bicyclic) bond motifs is 1. The van der Waals surface area contributed by atoms with Crippen LogP contribution in [0, 0.1) is 0 Å². The number of anilines is 2. The number of nitrogens with one attached hydrogen (secondary N) is 2. The largest absolute Gasteiger partial charge is 0.347 e. The van der Waals surface area contributed by atoms with E-state index < -0.39 is 11.8 Å². The first-order chi connectivity index (χ1) is 16.6. The van der Waals surface area contributed by atoms with Crippen molar-refractivity contribution < 1.29 is 14.4 Å². The van der Waals surface area contributed by atoms with Crippen molar-refractivity contribution in [2.75, 3.05) is 23.3 Å². The molecule has 0 bridgehead atoms. The molecule has 2 N–H and O–H groups in total. The summed E-state index contributed by atoms with van der Waals surface area (Å²) in [6.45, 7) is 0.946. The Kier molecular flexibility index (Phi) is 6.37. The van der Waals surface area contributed by atoms with Gasteiger partial charge in [0.25, 0.3) is 0 Å². The molecule has 0 aliphatic carbocycles. The van der Waals surface area contributed by atoms with Crippen LogP contribution in [0.2, 0.25) is 0 Å². The predicted molar refractivity (Wildman–Crippen MR) is 132 cm³/mol. The van der Waals surface area contributed by atoms with Crippen LogP contribution in [0.4, 0.5) is 11.4 Å². The number of hydrogen-bond acceptors (Lipinski definition) is 7. The molecule has 0 spiro atoms. The Balaban J connectivity index is 1.16. The van der Waals surface area contributed by atoms with Crippen molar-refractivity contribution in [1.29, 1.82) is 0 Å². The van der Waals surface area contributed by atoms with E-state index in [0.717, 1.165) is 34.1 Å². The quantitative estimate of drug-likeness (QED) is 0.400. The maximum atomic E-state index is 12.4. The third-order valence-corrected chi connectivity index (χ3v) is 7.23. The number of carbonyl (C=O) groups excluding carboxylic acids is 3. The van der Waals surface area contributed by atoms with E-state index in [4.69, 9.17) is 0 Å². The van der Waals surface area contributed by atoms with Gasteiger partial charge in [0.05, 0.1) is 10.6 Å². The molecule has 1 aromatic carbocycles. The lowest BCUT2D eigenvalue weighted by molar-refractivity contribution is -0.136. The van der Waals surface area contributed by atoms with Gasteiger partial charge < -0.3 is 15.5 Å². The average Bonchev–Trinajstić information content (AvgIpc) is 3.58. The van der Waals surface area contributed by atoms with Crippen LogP contribution in [0.15, 0.2) is 47.2 Å². The molecule has 0 radical (unpaired) electrons. The van der Waals surface area contributed by atoms with Crippen LogP contribution in [-0.2, 0) is 20.8 Å². The van der Waals surface area contributed by atoms with Gasteiger partial charge in [-0.15, -0.1) is 27.8 Å². The number of piperidine rings is 1. The zero-order valence-corrected chi connectivity index (χ0v) is 19.8. The number of nitrogens with zero attached hydrogens (tertiary/aromatic N) is 4. The summed E-state index contributed by atoms with van der Waals surface area (Å²) in [7, 11) is 0. The van der Waals surface area contributed by atoms with Crippen LogP contribution in [-0.4, -0.2) is 45.4 Å². The van der Waals surface area contributed by atoms with E-state index in [1.165, 1.54) is 11.3 Å². The van der Waals surface area contributed by atoms with Gasteiger partial charge >= 0.3 is 11.8 Å². The molecular weight excluding hydrogens is 472 g/mol. The van der Waals surface area contributed by atoms with Gasteiger partial charge in [0.2, 0.25) is 10.9 Å². The second-order valence-corrected chi connectivity index (χ2v) is 9.63. The van der Waals surface area contributed by atoms with Crippen LogP contribution in [0.1, 0.15) is 25.0 Å². The van der Waals surface area contributed by atoms with Gasteiger partial charge in [-0.25, -0.2) is 4.52 Å².